The summed E-state index contributed by atoms with van der Waals surface area (Å²) in [4.78, 5) is 16.9. The van der Waals surface area contributed by atoms with Crippen molar-refractivity contribution in [1.82, 2.24) is 4.98 Å². The van der Waals surface area contributed by atoms with Crippen LogP contribution >= 0.6 is 0 Å². The molecule has 0 saturated heterocycles. The average molecular weight is 347 g/mol. The molecule has 1 aromatic carbocycles. The lowest BCUT2D eigenvalue weighted by Gasteiger charge is -2.42. The first kappa shape index (κ1) is 15.7. The number of hydrogen-bond acceptors (Lipinski definition) is 4. The number of alkyl halides is 3. The fourth-order valence-corrected chi connectivity index (χ4v) is 3.14. The van der Waals surface area contributed by atoms with Crippen LogP contribution in [-0.4, -0.2) is 22.7 Å². The van der Waals surface area contributed by atoms with E-state index in [2.05, 4.69) is 4.98 Å². The molecule has 2 aromatic rings. The molecule has 2 aliphatic heterocycles. The van der Waals surface area contributed by atoms with Gasteiger partial charge < -0.3 is 9.47 Å². The highest BCUT2D eigenvalue weighted by Crippen LogP contribution is 2.50. The minimum Gasteiger partial charge on any atom is -0.440 e. The molecule has 128 valence electrons. The number of aromatic nitrogens is 1. The maximum atomic E-state index is 14.0. The monoisotopic (exact) mass is 347 g/mol. The van der Waals surface area contributed by atoms with Crippen molar-refractivity contribution in [1.29, 1.82) is 0 Å². The molecule has 1 aromatic heterocycles. The molecule has 3 heterocycles. The third-order valence-electron chi connectivity index (χ3n) is 4.22. The van der Waals surface area contributed by atoms with Gasteiger partial charge in [0.05, 0.1) is 11.1 Å². The Hall–Kier alpha value is -2.83. The van der Waals surface area contributed by atoms with Gasteiger partial charge in [-0.25, -0.2) is 4.98 Å². The molecule has 7 heteroatoms. The largest absolute Gasteiger partial charge is 0.473 e. The standard InChI is InChI=1S/C18H12F3NO3/c1-9-7-10(2)22-16-14(9)15(23)12-8-11-5-3-4-6-13(11)24-17(12,25-16)18(19,20)21/h3-8H,1-2H3/t17-/m0/s1. The first-order valence-corrected chi connectivity index (χ1v) is 7.52. The van der Waals surface area contributed by atoms with E-state index in [1.54, 1.807) is 38.1 Å². The number of benzene rings is 1. The molecule has 25 heavy (non-hydrogen) atoms. The van der Waals surface area contributed by atoms with Crippen LogP contribution in [0.2, 0.25) is 0 Å². The molecule has 0 bridgehead atoms. The Morgan fingerprint density at radius 2 is 1.84 bits per heavy atom. The van der Waals surface area contributed by atoms with Gasteiger partial charge in [0.2, 0.25) is 11.7 Å². The van der Waals surface area contributed by atoms with E-state index in [9.17, 15) is 18.0 Å². The lowest BCUT2D eigenvalue weighted by molar-refractivity contribution is -0.304. The third kappa shape index (κ3) is 2.08. The summed E-state index contributed by atoms with van der Waals surface area (Å²) in [6.07, 6.45) is -3.80. The number of fused-ring (bicyclic) bond motifs is 3. The number of nitrogens with zero attached hydrogens (tertiary/aromatic N) is 1. The molecule has 4 nitrogen and oxygen atoms in total. The highest BCUT2D eigenvalue weighted by atomic mass is 19.4. The smallest absolute Gasteiger partial charge is 0.440 e. The number of hydrogen-bond donors (Lipinski definition) is 0. The van der Waals surface area contributed by atoms with Crippen molar-refractivity contribution in [2.75, 3.05) is 0 Å². The third-order valence-corrected chi connectivity index (χ3v) is 4.22. The van der Waals surface area contributed by atoms with Gasteiger partial charge in [0.25, 0.3) is 0 Å². The van der Waals surface area contributed by atoms with Crippen molar-refractivity contribution in [3.05, 3.63) is 58.3 Å². The molecule has 0 saturated carbocycles. The molecule has 0 spiro atoms. The number of ketones is 1. The Balaban J connectivity index is 2.03. The van der Waals surface area contributed by atoms with E-state index < -0.39 is 23.3 Å². The lowest BCUT2D eigenvalue weighted by Crippen LogP contribution is -2.61. The van der Waals surface area contributed by atoms with E-state index >= 15 is 0 Å². The van der Waals surface area contributed by atoms with Crippen LogP contribution < -0.4 is 9.47 Å². The Morgan fingerprint density at radius 3 is 2.56 bits per heavy atom. The highest BCUT2D eigenvalue weighted by molar-refractivity contribution is 6.16. The summed E-state index contributed by atoms with van der Waals surface area (Å²) in [6, 6.07) is 7.80. The second-order valence-corrected chi connectivity index (χ2v) is 6.00. The number of aryl methyl sites for hydroxylation is 2. The Labute approximate surface area is 140 Å². The van der Waals surface area contributed by atoms with E-state index in [1.807, 2.05) is 0 Å². The molecule has 0 unspecified atom stereocenters. The van der Waals surface area contributed by atoms with Crippen LogP contribution in [0.3, 0.4) is 0 Å². The van der Waals surface area contributed by atoms with E-state index in [-0.39, 0.29) is 17.2 Å². The van der Waals surface area contributed by atoms with E-state index in [1.165, 1.54) is 12.1 Å². The summed E-state index contributed by atoms with van der Waals surface area (Å²) >= 11 is 0. The molecule has 2 aliphatic rings. The predicted octanol–water partition coefficient (Wildman–Crippen LogP) is 4.01. The number of Topliss-reactive ketones (excluding diaryl/α,β-unsaturated/α-hetero) is 1. The number of halogens is 3. The summed E-state index contributed by atoms with van der Waals surface area (Å²) < 4.78 is 52.3. The number of rotatable bonds is 0. The van der Waals surface area contributed by atoms with Crippen LogP contribution in [0.1, 0.15) is 27.2 Å². The quantitative estimate of drug-likeness (QED) is 0.723. The van der Waals surface area contributed by atoms with Crippen LogP contribution in [0.25, 0.3) is 6.08 Å². The van der Waals surface area contributed by atoms with Crippen LogP contribution in [0.15, 0.2) is 35.9 Å². The Kier molecular flexibility index (Phi) is 3.04. The molecule has 1 atom stereocenters. The highest BCUT2D eigenvalue weighted by Gasteiger charge is 2.68. The number of pyridine rings is 1. The van der Waals surface area contributed by atoms with Crippen molar-refractivity contribution in [2.24, 2.45) is 0 Å². The Morgan fingerprint density at radius 1 is 1.12 bits per heavy atom. The number of carbonyl (C=O) groups excluding carboxylic acids is 1. The van der Waals surface area contributed by atoms with Gasteiger partial charge in [-0.1, -0.05) is 18.2 Å². The summed E-state index contributed by atoms with van der Waals surface area (Å²) in [5.74, 6) is -4.36. The predicted molar refractivity (Wildman–Crippen MR) is 82.5 cm³/mol. The number of carbonyl (C=O) groups is 1. The van der Waals surface area contributed by atoms with Crippen LogP contribution in [0.4, 0.5) is 13.2 Å². The zero-order valence-electron chi connectivity index (χ0n) is 13.3. The van der Waals surface area contributed by atoms with Crippen LogP contribution in [-0.2, 0) is 0 Å². The van der Waals surface area contributed by atoms with Gasteiger partial charge in [-0.3, -0.25) is 4.79 Å². The first-order chi connectivity index (χ1) is 11.7. The molecule has 0 amide bonds. The van der Waals surface area contributed by atoms with Crippen LogP contribution in [0, 0.1) is 13.8 Å². The van der Waals surface area contributed by atoms with Gasteiger partial charge in [-0.2, -0.15) is 13.2 Å². The lowest BCUT2D eigenvalue weighted by atomic mass is 9.87. The fraction of sp³-hybridized carbons (Fsp3) is 0.222. The van der Waals surface area contributed by atoms with Crippen molar-refractivity contribution in [2.45, 2.75) is 25.8 Å². The molecule has 0 N–H and O–H groups in total. The molecular formula is C18H12F3NO3. The SMILES string of the molecule is Cc1cc(C)c2c(n1)O[C@@]1(C(F)(F)F)Oc3ccccc3C=C1C2=O. The second kappa shape index (κ2) is 4.84. The molecule has 0 fully saturated rings. The second-order valence-electron chi connectivity index (χ2n) is 6.00. The zero-order valence-corrected chi connectivity index (χ0v) is 13.3. The van der Waals surface area contributed by atoms with Gasteiger partial charge in [0, 0.05) is 11.3 Å². The fourth-order valence-electron chi connectivity index (χ4n) is 3.14. The first-order valence-electron chi connectivity index (χ1n) is 7.52. The maximum Gasteiger partial charge on any atom is 0.473 e. The van der Waals surface area contributed by atoms with Gasteiger partial charge in [-0.05, 0) is 37.6 Å². The van der Waals surface area contributed by atoms with Crippen molar-refractivity contribution >= 4 is 11.9 Å². The van der Waals surface area contributed by atoms with Gasteiger partial charge >= 0.3 is 12.0 Å². The van der Waals surface area contributed by atoms with Gasteiger partial charge in [0.1, 0.15) is 5.75 Å². The summed E-state index contributed by atoms with van der Waals surface area (Å²) in [5.41, 5.74) is 0.767. The topological polar surface area (TPSA) is 48.4 Å². The van der Waals surface area contributed by atoms with Crippen molar-refractivity contribution in [3.8, 4) is 11.6 Å². The van der Waals surface area contributed by atoms with E-state index in [0.717, 1.165) is 0 Å². The maximum absolute atomic E-state index is 14.0. The summed E-state index contributed by atoms with van der Waals surface area (Å²) in [5, 5.41) is 0. The van der Waals surface area contributed by atoms with E-state index in [4.69, 9.17) is 9.47 Å². The summed E-state index contributed by atoms with van der Waals surface area (Å²) in [6.45, 7) is 3.25. The minimum atomic E-state index is -4.97. The van der Waals surface area contributed by atoms with E-state index in [0.29, 0.717) is 16.8 Å². The average Bonchev–Trinajstić information content (AvgIpc) is 2.51. The molecule has 0 radical (unpaired) electrons. The normalized spacial score (nSPS) is 21.3. The number of para-hydroxylation sites is 1. The molecule has 0 aliphatic carbocycles. The number of ether oxygens (including phenoxy) is 2. The van der Waals surface area contributed by atoms with Gasteiger partial charge in [0.15, 0.2) is 0 Å². The molecular weight excluding hydrogens is 335 g/mol. The van der Waals surface area contributed by atoms with Gasteiger partial charge in [-0.15, -0.1) is 0 Å². The summed E-state index contributed by atoms with van der Waals surface area (Å²) in [7, 11) is 0. The van der Waals surface area contributed by atoms with Crippen molar-refractivity contribution < 1.29 is 27.4 Å². The molecule has 4 rings (SSSR count). The van der Waals surface area contributed by atoms with Crippen LogP contribution in [0.5, 0.6) is 11.6 Å². The van der Waals surface area contributed by atoms with Crippen molar-refractivity contribution in [3.63, 3.8) is 0 Å². The minimum absolute atomic E-state index is 0.01000. The zero-order chi connectivity index (χ0) is 18.0. The Bertz CT molecular complexity index is 949.